The second kappa shape index (κ2) is 6.45. The van der Waals surface area contributed by atoms with E-state index in [1.807, 2.05) is 0 Å². The van der Waals surface area contributed by atoms with Gasteiger partial charge in [-0.2, -0.15) is 10.2 Å². The van der Waals surface area contributed by atoms with Crippen molar-refractivity contribution in [2.45, 2.75) is 71.6 Å². The van der Waals surface area contributed by atoms with Crippen LogP contribution >= 0.6 is 0 Å². The van der Waals surface area contributed by atoms with Crippen molar-refractivity contribution >= 4 is 0 Å². The zero-order valence-electron chi connectivity index (χ0n) is 17.8. The molecule has 4 heterocycles. The van der Waals surface area contributed by atoms with Crippen LogP contribution in [0, 0.1) is 0 Å². The highest BCUT2D eigenvalue weighted by molar-refractivity contribution is 5.23. The molecule has 0 atom stereocenters. The molecule has 6 heteroatoms. The van der Waals surface area contributed by atoms with E-state index in [1.54, 1.807) is 0 Å². The van der Waals surface area contributed by atoms with Crippen molar-refractivity contribution in [2.24, 2.45) is 0 Å². The second-order valence-corrected chi connectivity index (χ2v) is 9.99. The summed E-state index contributed by atoms with van der Waals surface area (Å²) in [4.78, 5) is 4.94. The molecule has 2 aliphatic heterocycles. The van der Waals surface area contributed by atoms with Gasteiger partial charge in [0.05, 0.1) is 23.5 Å². The van der Waals surface area contributed by atoms with E-state index in [9.17, 15) is 0 Å². The lowest BCUT2D eigenvalue weighted by molar-refractivity contribution is 0.150. The van der Waals surface area contributed by atoms with Gasteiger partial charge < -0.3 is 4.90 Å². The van der Waals surface area contributed by atoms with Gasteiger partial charge in [0.1, 0.15) is 0 Å². The molecule has 0 saturated heterocycles. The first-order chi connectivity index (χ1) is 12.6. The fraction of sp³-hybridized carbons (Fsp3) is 0.714. The maximum atomic E-state index is 4.80. The van der Waals surface area contributed by atoms with Crippen molar-refractivity contribution in [3.8, 4) is 0 Å². The largest absolute Gasteiger partial charge is 0.302 e. The average molecular weight is 371 g/mol. The van der Waals surface area contributed by atoms with Gasteiger partial charge in [-0.3, -0.25) is 14.3 Å². The smallest absolute Gasteiger partial charge is 0.0701 e. The topological polar surface area (TPSA) is 42.1 Å². The summed E-state index contributed by atoms with van der Waals surface area (Å²) in [7, 11) is 2.19. The zero-order valence-corrected chi connectivity index (χ0v) is 17.8. The van der Waals surface area contributed by atoms with Gasteiger partial charge in [-0.15, -0.1) is 0 Å². The van der Waals surface area contributed by atoms with Crippen molar-refractivity contribution in [3.63, 3.8) is 0 Å². The molecule has 0 N–H and O–H groups in total. The molecule has 0 aromatic carbocycles. The minimum Gasteiger partial charge on any atom is -0.302 e. The first kappa shape index (κ1) is 18.7. The Balaban J connectivity index is 1.51. The van der Waals surface area contributed by atoms with Gasteiger partial charge in [0.2, 0.25) is 0 Å². The van der Waals surface area contributed by atoms with Crippen LogP contribution in [0.3, 0.4) is 0 Å². The Morgan fingerprint density at radius 3 is 2.15 bits per heavy atom. The number of aromatic nitrogens is 4. The highest BCUT2D eigenvalue weighted by Gasteiger charge is 2.32. The monoisotopic (exact) mass is 370 g/mol. The van der Waals surface area contributed by atoms with Crippen molar-refractivity contribution in [2.75, 3.05) is 26.7 Å². The lowest BCUT2D eigenvalue weighted by atomic mass is 9.99. The third kappa shape index (κ3) is 3.45. The summed E-state index contributed by atoms with van der Waals surface area (Å²) >= 11 is 0. The number of nitrogens with zero attached hydrogens (tertiary/aromatic N) is 6. The molecule has 0 aliphatic carbocycles. The Labute approximate surface area is 163 Å². The van der Waals surface area contributed by atoms with Crippen LogP contribution in [0.4, 0.5) is 0 Å². The van der Waals surface area contributed by atoms with Crippen molar-refractivity contribution in [3.05, 3.63) is 34.9 Å². The molecule has 4 rings (SSSR count). The minimum atomic E-state index is -0.0129. The molecule has 2 aromatic heterocycles. The van der Waals surface area contributed by atoms with Crippen molar-refractivity contribution in [1.82, 2.24) is 29.4 Å². The second-order valence-electron chi connectivity index (χ2n) is 9.99. The predicted octanol–water partition coefficient (Wildman–Crippen LogP) is 2.62. The lowest BCUT2D eigenvalue weighted by Gasteiger charge is -2.37. The molecular formula is C21H34N6. The van der Waals surface area contributed by atoms with Crippen LogP contribution in [-0.2, 0) is 37.0 Å². The van der Waals surface area contributed by atoms with Gasteiger partial charge >= 0.3 is 0 Å². The number of likely N-dealkylation sites (N-methyl/N-ethyl adjacent to an activating group) is 1. The zero-order chi connectivity index (χ0) is 19.4. The summed E-state index contributed by atoms with van der Waals surface area (Å²) in [6.45, 7) is 16.6. The summed E-state index contributed by atoms with van der Waals surface area (Å²) in [6, 6.07) is 0. The Kier molecular flexibility index (Phi) is 4.47. The molecule has 0 saturated carbocycles. The van der Waals surface area contributed by atoms with Gasteiger partial charge in [0, 0.05) is 68.1 Å². The minimum absolute atomic E-state index is 0.0129. The average Bonchev–Trinajstić information content (AvgIpc) is 3.17. The van der Waals surface area contributed by atoms with Gasteiger partial charge in [-0.05, 0) is 41.7 Å². The normalized spacial score (nSPS) is 19.2. The third-order valence-corrected chi connectivity index (χ3v) is 5.96. The Morgan fingerprint density at radius 1 is 0.852 bits per heavy atom. The van der Waals surface area contributed by atoms with E-state index in [2.05, 4.69) is 78.3 Å². The highest BCUT2D eigenvalue weighted by atomic mass is 15.4. The molecule has 0 bridgehead atoms. The molecule has 0 spiro atoms. The van der Waals surface area contributed by atoms with E-state index in [0.29, 0.717) is 0 Å². The van der Waals surface area contributed by atoms with E-state index in [4.69, 9.17) is 5.10 Å². The third-order valence-electron chi connectivity index (χ3n) is 5.96. The molecule has 6 nitrogen and oxygen atoms in total. The molecule has 0 unspecified atom stereocenters. The molecule has 0 fully saturated rings. The standard InChI is InChI=1S/C21H34N6/c1-20(2,3)26-18-8-10-25(14-17(18)12-22-26)15-21(4,5)27-19-7-9-24(6)13-16(19)11-23-27/h11-12H,7-10,13-15H2,1-6H3. The van der Waals surface area contributed by atoms with Crippen LogP contribution in [0.15, 0.2) is 12.4 Å². The molecule has 2 aliphatic rings. The first-order valence-corrected chi connectivity index (χ1v) is 10.2. The van der Waals surface area contributed by atoms with Crippen LogP contribution in [-0.4, -0.2) is 56.0 Å². The van der Waals surface area contributed by atoms with E-state index in [1.165, 1.54) is 22.5 Å². The van der Waals surface area contributed by atoms with E-state index in [-0.39, 0.29) is 11.1 Å². The van der Waals surface area contributed by atoms with E-state index >= 15 is 0 Å². The van der Waals surface area contributed by atoms with Gasteiger partial charge in [-0.25, -0.2) is 0 Å². The Morgan fingerprint density at radius 2 is 1.44 bits per heavy atom. The lowest BCUT2D eigenvalue weighted by Crippen LogP contribution is -2.45. The number of fused-ring (bicyclic) bond motifs is 2. The van der Waals surface area contributed by atoms with Crippen LogP contribution in [0.25, 0.3) is 0 Å². The Hall–Kier alpha value is -1.66. The van der Waals surface area contributed by atoms with E-state index < -0.39 is 0 Å². The number of hydrogen-bond donors (Lipinski definition) is 0. The van der Waals surface area contributed by atoms with Crippen LogP contribution in [0.2, 0.25) is 0 Å². The first-order valence-electron chi connectivity index (χ1n) is 10.2. The van der Waals surface area contributed by atoms with Gasteiger partial charge in [-0.1, -0.05) is 0 Å². The van der Waals surface area contributed by atoms with Crippen LogP contribution in [0.1, 0.15) is 57.1 Å². The molecule has 0 amide bonds. The molecule has 27 heavy (non-hydrogen) atoms. The maximum Gasteiger partial charge on any atom is 0.0701 e. The fourth-order valence-electron chi connectivity index (χ4n) is 4.71. The van der Waals surface area contributed by atoms with Crippen LogP contribution < -0.4 is 0 Å². The van der Waals surface area contributed by atoms with Crippen molar-refractivity contribution in [1.29, 1.82) is 0 Å². The number of hydrogen-bond acceptors (Lipinski definition) is 4. The van der Waals surface area contributed by atoms with Crippen molar-refractivity contribution < 1.29 is 0 Å². The summed E-state index contributed by atoms with van der Waals surface area (Å²) in [5.74, 6) is 0. The number of rotatable bonds is 3. The van der Waals surface area contributed by atoms with E-state index in [0.717, 1.165) is 45.6 Å². The molecule has 0 radical (unpaired) electrons. The quantitative estimate of drug-likeness (QED) is 0.833. The summed E-state index contributed by atoms with van der Waals surface area (Å²) in [5.41, 5.74) is 5.66. The molecular weight excluding hydrogens is 336 g/mol. The SMILES string of the molecule is CN1CCc2c(cnn2C(C)(C)CN2CCc3c(cnn3C(C)(C)C)C2)C1. The summed E-state index contributed by atoms with van der Waals surface area (Å²) < 4.78 is 4.51. The van der Waals surface area contributed by atoms with Gasteiger partial charge in [0.15, 0.2) is 0 Å². The molecule has 148 valence electrons. The maximum absolute atomic E-state index is 4.80. The van der Waals surface area contributed by atoms with Crippen LogP contribution in [0.5, 0.6) is 0 Å². The molecule has 2 aromatic rings. The Bertz CT molecular complexity index is 822. The fourth-order valence-corrected chi connectivity index (χ4v) is 4.71. The highest BCUT2D eigenvalue weighted by Crippen LogP contribution is 2.28. The van der Waals surface area contributed by atoms with Gasteiger partial charge in [0.25, 0.3) is 0 Å². The summed E-state index contributed by atoms with van der Waals surface area (Å²) in [6.07, 6.45) is 6.32. The predicted molar refractivity (Wildman–Crippen MR) is 108 cm³/mol. The summed E-state index contributed by atoms with van der Waals surface area (Å²) in [5, 5.41) is 9.48.